The fraction of sp³-hybridized carbons (Fsp3) is 0.429. The van der Waals surface area contributed by atoms with Crippen molar-refractivity contribution in [2.45, 2.75) is 39.2 Å². The van der Waals surface area contributed by atoms with E-state index in [4.69, 9.17) is 28.3 Å². The minimum atomic E-state index is -1.14. The van der Waals surface area contributed by atoms with Gasteiger partial charge in [0.15, 0.2) is 0 Å². The van der Waals surface area contributed by atoms with Gasteiger partial charge >= 0.3 is 12.0 Å². The standard InChI is InChI=1S/C14H18Cl2N2O3/c1-3-5-9(4-2)17-14(21)18-12-10(15)6-8(13(19)20)7-11(12)16/h6-7,9H,3-5H2,1-2H3,(H,19,20)(H2,17,18,21). The molecule has 0 aliphatic rings. The number of carbonyl (C=O) groups is 2. The summed E-state index contributed by atoms with van der Waals surface area (Å²) in [5, 5.41) is 14.4. The highest BCUT2D eigenvalue weighted by molar-refractivity contribution is 6.40. The normalized spacial score (nSPS) is 11.8. The highest BCUT2D eigenvalue weighted by atomic mass is 35.5. The fourth-order valence-corrected chi connectivity index (χ4v) is 2.46. The maximum absolute atomic E-state index is 11.9. The van der Waals surface area contributed by atoms with Crippen molar-refractivity contribution in [3.05, 3.63) is 27.7 Å². The van der Waals surface area contributed by atoms with Crippen LogP contribution in [0.15, 0.2) is 12.1 Å². The van der Waals surface area contributed by atoms with Crippen LogP contribution in [0.25, 0.3) is 0 Å². The van der Waals surface area contributed by atoms with Crippen molar-refractivity contribution in [1.29, 1.82) is 0 Å². The average Bonchev–Trinajstić information content (AvgIpc) is 2.41. The van der Waals surface area contributed by atoms with Crippen LogP contribution in [-0.2, 0) is 0 Å². The number of hydrogen-bond acceptors (Lipinski definition) is 2. The first-order chi connectivity index (χ1) is 9.88. The smallest absolute Gasteiger partial charge is 0.335 e. The van der Waals surface area contributed by atoms with Crippen LogP contribution in [0.5, 0.6) is 0 Å². The lowest BCUT2D eigenvalue weighted by molar-refractivity contribution is 0.0697. The summed E-state index contributed by atoms with van der Waals surface area (Å²) in [6.07, 6.45) is 2.66. The Balaban J connectivity index is 2.83. The molecule has 1 rings (SSSR count). The van der Waals surface area contributed by atoms with Crippen LogP contribution in [-0.4, -0.2) is 23.1 Å². The molecule has 2 amide bonds. The Labute approximate surface area is 133 Å². The van der Waals surface area contributed by atoms with Gasteiger partial charge in [-0.05, 0) is 25.0 Å². The van der Waals surface area contributed by atoms with Crippen molar-refractivity contribution < 1.29 is 14.7 Å². The van der Waals surface area contributed by atoms with Crippen molar-refractivity contribution in [3.8, 4) is 0 Å². The molecule has 1 aromatic carbocycles. The molecule has 0 aliphatic carbocycles. The molecule has 0 saturated heterocycles. The van der Waals surface area contributed by atoms with Crippen LogP contribution in [0.2, 0.25) is 10.0 Å². The molecule has 21 heavy (non-hydrogen) atoms. The summed E-state index contributed by atoms with van der Waals surface area (Å²) in [7, 11) is 0. The molecule has 0 radical (unpaired) electrons. The molecule has 1 aromatic rings. The van der Waals surface area contributed by atoms with E-state index in [-0.39, 0.29) is 27.3 Å². The number of benzene rings is 1. The first-order valence-corrected chi connectivity index (χ1v) is 7.44. The Hall–Kier alpha value is -1.46. The molecule has 5 nitrogen and oxygen atoms in total. The Morgan fingerprint density at radius 1 is 1.24 bits per heavy atom. The Morgan fingerprint density at radius 2 is 1.81 bits per heavy atom. The van der Waals surface area contributed by atoms with Crippen LogP contribution in [0.3, 0.4) is 0 Å². The van der Waals surface area contributed by atoms with Gasteiger partial charge in [0.2, 0.25) is 0 Å². The van der Waals surface area contributed by atoms with Gasteiger partial charge in [0.25, 0.3) is 0 Å². The molecule has 1 unspecified atom stereocenters. The third-order valence-corrected chi connectivity index (χ3v) is 3.59. The monoisotopic (exact) mass is 332 g/mol. The number of carboxylic acids is 1. The predicted molar refractivity (Wildman–Crippen MR) is 84.6 cm³/mol. The molecular formula is C14H18Cl2N2O3. The zero-order chi connectivity index (χ0) is 16.0. The molecule has 0 fully saturated rings. The van der Waals surface area contributed by atoms with Gasteiger partial charge in [-0.15, -0.1) is 0 Å². The summed E-state index contributed by atoms with van der Waals surface area (Å²) in [6.45, 7) is 4.03. The van der Waals surface area contributed by atoms with Crippen LogP contribution in [0.4, 0.5) is 10.5 Å². The summed E-state index contributed by atoms with van der Waals surface area (Å²) in [6, 6.07) is 2.15. The number of carboxylic acid groups (broad SMARTS) is 1. The molecule has 0 aromatic heterocycles. The quantitative estimate of drug-likeness (QED) is 0.722. The fourth-order valence-electron chi connectivity index (χ4n) is 1.88. The average molecular weight is 333 g/mol. The topological polar surface area (TPSA) is 78.4 Å². The van der Waals surface area contributed by atoms with E-state index in [1.165, 1.54) is 12.1 Å². The number of nitrogens with one attached hydrogen (secondary N) is 2. The minimum Gasteiger partial charge on any atom is -0.478 e. The van der Waals surface area contributed by atoms with E-state index < -0.39 is 12.0 Å². The van der Waals surface area contributed by atoms with Crippen molar-refractivity contribution >= 4 is 40.9 Å². The second kappa shape index (κ2) is 8.10. The van der Waals surface area contributed by atoms with Crippen molar-refractivity contribution in [2.24, 2.45) is 0 Å². The lowest BCUT2D eigenvalue weighted by atomic mass is 10.1. The third-order valence-electron chi connectivity index (χ3n) is 2.99. The van der Waals surface area contributed by atoms with Crippen LogP contribution < -0.4 is 10.6 Å². The molecule has 0 saturated carbocycles. The van der Waals surface area contributed by atoms with Crippen molar-refractivity contribution in [3.63, 3.8) is 0 Å². The van der Waals surface area contributed by atoms with Crippen molar-refractivity contribution in [2.75, 3.05) is 5.32 Å². The molecular weight excluding hydrogens is 315 g/mol. The first-order valence-electron chi connectivity index (χ1n) is 6.68. The van der Waals surface area contributed by atoms with Gasteiger partial charge < -0.3 is 15.7 Å². The van der Waals surface area contributed by atoms with E-state index in [1.54, 1.807) is 0 Å². The number of rotatable bonds is 6. The van der Waals surface area contributed by atoms with Gasteiger partial charge in [-0.2, -0.15) is 0 Å². The molecule has 1 atom stereocenters. The van der Waals surface area contributed by atoms with Gasteiger partial charge in [0.05, 0.1) is 21.3 Å². The van der Waals surface area contributed by atoms with Crippen LogP contribution in [0.1, 0.15) is 43.5 Å². The van der Waals surface area contributed by atoms with Gasteiger partial charge in [-0.3, -0.25) is 0 Å². The number of hydrogen-bond donors (Lipinski definition) is 3. The van der Waals surface area contributed by atoms with Crippen LogP contribution in [0, 0.1) is 0 Å². The number of urea groups is 1. The lowest BCUT2D eigenvalue weighted by Crippen LogP contribution is -2.37. The largest absolute Gasteiger partial charge is 0.478 e. The van der Waals surface area contributed by atoms with E-state index in [0.717, 1.165) is 19.3 Å². The van der Waals surface area contributed by atoms with E-state index in [9.17, 15) is 9.59 Å². The summed E-state index contributed by atoms with van der Waals surface area (Å²) in [4.78, 5) is 22.8. The van der Waals surface area contributed by atoms with Gasteiger partial charge in [0, 0.05) is 6.04 Å². The second-order valence-corrected chi connectivity index (χ2v) is 5.43. The molecule has 0 spiro atoms. The number of halogens is 2. The molecule has 3 N–H and O–H groups in total. The Kier molecular flexibility index (Phi) is 6.78. The Bertz CT molecular complexity index is 512. The van der Waals surface area contributed by atoms with Crippen molar-refractivity contribution in [1.82, 2.24) is 5.32 Å². The SMILES string of the molecule is CCCC(CC)NC(=O)Nc1c(Cl)cc(C(=O)O)cc1Cl. The van der Waals surface area contributed by atoms with Gasteiger partial charge in [0.1, 0.15) is 0 Å². The maximum Gasteiger partial charge on any atom is 0.335 e. The third kappa shape index (κ3) is 5.10. The first kappa shape index (κ1) is 17.6. The number of amides is 2. The summed E-state index contributed by atoms with van der Waals surface area (Å²) < 4.78 is 0. The molecule has 0 heterocycles. The van der Waals surface area contributed by atoms with E-state index in [2.05, 4.69) is 10.6 Å². The zero-order valence-corrected chi connectivity index (χ0v) is 13.4. The highest BCUT2D eigenvalue weighted by Gasteiger charge is 2.16. The Morgan fingerprint density at radius 3 is 2.24 bits per heavy atom. The number of carbonyl (C=O) groups excluding carboxylic acids is 1. The molecule has 7 heteroatoms. The molecule has 116 valence electrons. The highest BCUT2D eigenvalue weighted by Crippen LogP contribution is 2.31. The summed E-state index contributed by atoms with van der Waals surface area (Å²) >= 11 is 11.9. The lowest BCUT2D eigenvalue weighted by Gasteiger charge is -2.17. The number of anilines is 1. The van der Waals surface area contributed by atoms with E-state index >= 15 is 0 Å². The predicted octanol–water partition coefficient (Wildman–Crippen LogP) is 4.39. The molecule has 0 bridgehead atoms. The maximum atomic E-state index is 11.9. The van der Waals surface area contributed by atoms with Crippen LogP contribution >= 0.6 is 23.2 Å². The van der Waals surface area contributed by atoms with Gasteiger partial charge in [-0.1, -0.05) is 43.5 Å². The summed E-state index contributed by atoms with van der Waals surface area (Å²) in [5.41, 5.74) is 0.167. The van der Waals surface area contributed by atoms with E-state index in [0.29, 0.717) is 0 Å². The molecule has 0 aliphatic heterocycles. The van der Waals surface area contributed by atoms with Gasteiger partial charge in [-0.25, -0.2) is 9.59 Å². The van der Waals surface area contributed by atoms with E-state index in [1.807, 2.05) is 13.8 Å². The zero-order valence-electron chi connectivity index (χ0n) is 11.9. The second-order valence-electron chi connectivity index (χ2n) is 4.61. The minimum absolute atomic E-state index is 0.0339. The number of aromatic carboxylic acids is 1. The summed E-state index contributed by atoms with van der Waals surface area (Å²) in [5.74, 6) is -1.14.